The molecule has 160 valence electrons. The number of ether oxygens (including phenoxy) is 1. The Hall–Kier alpha value is -2.82. The van der Waals surface area contributed by atoms with Gasteiger partial charge in [-0.15, -0.1) is 34.0 Å². The fraction of sp³-hybridized carbons (Fsp3) is 0.238. The van der Waals surface area contributed by atoms with E-state index in [0.717, 1.165) is 32.2 Å². The summed E-state index contributed by atoms with van der Waals surface area (Å²) in [6.07, 6.45) is 1.40. The second-order valence-electron chi connectivity index (χ2n) is 6.81. The predicted octanol–water partition coefficient (Wildman–Crippen LogP) is 4.68. The minimum Gasteiger partial charge on any atom is -0.462 e. The van der Waals surface area contributed by atoms with Gasteiger partial charge in [-0.25, -0.2) is 9.78 Å². The first kappa shape index (κ1) is 21.4. The summed E-state index contributed by atoms with van der Waals surface area (Å²) in [7, 11) is 0. The van der Waals surface area contributed by atoms with Crippen molar-refractivity contribution in [2.75, 3.05) is 11.9 Å². The first-order chi connectivity index (χ1) is 14.9. The summed E-state index contributed by atoms with van der Waals surface area (Å²) in [5.74, 6) is -0.783. The van der Waals surface area contributed by atoms with E-state index < -0.39 is 5.97 Å². The van der Waals surface area contributed by atoms with Crippen LogP contribution in [0.3, 0.4) is 0 Å². The Kier molecular flexibility index (Phi) is 6.03. The van der Waals surface area contributed by atoms with Gasteiger partial charge in [0.15, 0.2) is 0 Å². The Bertz CT molecular complexity index is 1350. The van der Waals surface area contributed by atoms with E-state index in [0.29, 0.717) is 20.1 Å². The summed E-state index contributed by atoms with van der Waals surface area (Å²) >= 11 is 4.18. The van der Waals surface area contributed by atoms with E-state index in [1.54, 1.807) is 31.3 Å². The van der Waals surface area contributed by atoms with Gasteiger partial charge in [0.1, 0.15) is 16.3 Å². The number of thiophene rings is 3. The van der Waals surface area contributed by atoms with Crippen molar-refractivity contribution in [3.8, 4) is 10.4 Å². The maximum atomic E-state index is 13.1. The highest BCUT2D eigenvalue weighted by Gasteiger charge is 2.18. The first-order valence-corrected chi connectivity index (χ1v) is 12.0. The summed E-state index contributed by atoms with van der Waals surface area (Å²) in [5.41, 5.74) is 1.32. The largest absolute Gasteiger partial charge is 0.462 e. The number of hydrogen-bond donors (Lipinski definition) is 1. The van der Waals surface area contributed by atoms with Crippen molar-refractivity contribution < 1.29 is 14.3 Å². The summed E-state index contributed by atoms with van der Waals surface area (Å²) in [4.78, 5) is 45.3. The van der Waals surface area contributed by atoms with E-state index in [2.05, 4.69) is 10.3 Å². The normalized spacial score (nSPS) is 11.1. The number of hydrogen-bond acceptors (Lipinski definition) is 8. The van der Waals surface area contributed by atoms with Gasteiger partial charge in [0.05, 0.1) is 23.3 Å². The molecule has 0 aromatic carbocycles. The van der Waals surface area contributed by atoms with E-state index in [4.69, 9.17) is 4.74 Å². The quantitative estimate of drug-likeness (QED) is 0.411. The number of anilines is 1. The van der Waals surface area contributed by atoms with Gasteiger partial charge in [-0.05, 0) is 44.5 Å². The van der Waals surface area contributed by atoms with Crippen LogP contribution in [-0.4, -0.2) is 28.0 Å². The maximum Gasteiger partial charge on any atom is 0.348 e. The molecular formula is C21H19N3O4S3. The molecule has 4 rings (SSSR count). The highest BCUT2D eigenvalue weighted by Crippen LogP contribution is 2.35. The van der Waals surface area contributed by atoms with Gasteiger partial charge in [0.2, 0.25) is 5.91 Å². The molecule has 0 unspecified atom stereocenters. The van der Waals surface area contributed by atoms with Gasteiger partial charge in [0, 0.05) is 20.7 Å². The third kappa shape index (κ3) is 4.32. The maximum absolute atomic E-state index is 13.1. The molecule has 1 N–H and O–H groups in total. The number of fused-ring (bicyclic) bond motifs is 1. The molecule has 31 heavy (non-hydrogen) atoms. The summed E-state index contributed by atoms with van der Waals surface area (Å²) in [6, 6.07) is 5.72. The van der Waals surface area contributed by atoms with Gasteiger partial charge >= 0.3 is 5.97 Å². The van der Waals surface area contributed by atoms with Gasteiger partial charge in [-0.2, -0.15) is 0 Å². The molecule has 0 saturated carbocycles. The zero-order valence-electron chi connectivity index (χ0n) is 17.1. The van der Waals surface area contributed by atoms with E-state index in [-0.39, 0.29) is 24.6 Å². The number of carbonyl (C=O) groups excluding carboxylic acids is 2. The van der Waals surface area contributed by atoms with Crippen molar-refractivity contribution in [2.24, 2.45) is 0 Å². The average Bonchev–Trinajstić information content (AvgIpc) is 3.42. The van der Waals surface area contributed by atoms with Crippen molar-refractivity contribution in [2.45, 2.75) is 27.3 Å². The number of nitrogens with one attached hydrogen (secondary N) is 1. The zero-order valence-corrected chi connectivity index (χ0v) is 19.5. The molecule has 10 heteroatoms. The molecule has 0 atom stereocenters. The van der Waals surface area contributed by atoms with Crippen molar-refractivity contribution in [1.82, 2.24) is 9.55 Å². The Morgan fingerprint density at radius 2 is 2.03 bits per heavy atom. The zero-order chi connectivity index (χ0) is 22.1. The highest BCUT2D eigenvalue weighted by molar-refractivity contribution is 7.19. The fourth-order valence-electron chi connectivity index (χ4n) is 3.12. The lowest BCUT2D eigenvalue weighted by atomic mass is 10.2. The van der Waals surface area contributed by atoms with Gasteiger partial charge in [0.25, 0.3) is 5.56 Å². The predicted molar refractivity (Wildman–Crippen MR) is 126 cm³/mol. The van der Waals surface area contributed by atoms with Crippen LogP contribution in [0.5, 0.6) is 0 Å². The molecule has 0 fully saturated rings. The minimum atomic E-state index is -0.412. The molecule has 0 radical (unpaired) electrons. The van der Waals surface area contributed by atoms with Crippen molar-refractivity contribution in [1.29, 1.82) is 0 Å². The van der Waals surface area contributed by atoms with Crippen LogP contribution in [0.2, 0.25) is 0 Å². The Morgan fingerprint density at radius 3 is 2.74 bits per heavy atom. The molecule has 0 spiro atoms. The van der Waals surface area contributed by atoms with Crippen LogP contribution in [-0.2, 0) is 16.1 Å². The molecule has 4 aromatic rings. The van der Waals surface area contributed by atoms with E-state index in [1.807, 2.05) is 24.4 Å². The highest BCUT2D eigenvalue weighted by atomic mass is 32.1. The Morgan fingerprint density at radius 1 is 1.23 bits per heavy atom. The topological polar surface area (TPSA) is 90.3 Å². The van der Waals surface area contributed by atoms with Crippen LogP contribution < -0.4 is 10.9 Å². The minimum absolute atomic E-state index is 0.174. The fourth-order valence-corrected chi connectivity index (χ4v) is 5.96. The number of amides is 1. The molecule has 4 aromatic heterocycles. The molecule has 7 nitrogen and oxygen atoms in total. The second kappa shape index (κ2) is 8.74. The SMILES string of the molecule is CCOC(=O)c1sc(NC(=O)Cn2cnc3scc(-c4ccc(C)s4)c3c2=O)cc1C. The number of aromatic nitrogens is 2. The lowest BCUT2D eigenvalue weighted by Crippen LogP contribution is -2.27. The lowest BCUT2D eigenvalue weighted by Gasteiger charge is -2.06. The number of nitrogens with zero attached hydrogens (tertiary/aromatic N) is 2. The lowest BCUT2D eigenvalue weighted by molar-refractivity contribution is -0.116. The van der Waals surface area contributed by atoms with Crippen molar-refractivity contribution >= 4 is 61.1 Å². The van der Waals surface area contributed by atoms with Crippen LogP contribution in [0.25, 0.3) is 20.7 Å². The molecule has 4 heterocycles. The van der Waals surface area contributed by atoms with E-state index >= 15 is 0 Å². The number of aryl methyl sites for hydroxylation is 2. The van der Waals surface area contributed by atoms with Gasteiger partial charge in [-0.1, -0.05) is 0 Å². The Labute approximate surface area is 190 Å². The summed E-state index contributed by atoms with van der Waals surface area (Å²) in [6.45, 7) is 5.65. The van der Waals surface area contributed by atoms with Gasteiger partial charge in [-0.3, -0.25) is 14.2 Å². The third-order valence-corrected chi connectivity index (χ3v) is 7.57. The van der Waals surface area contributed by atoms with E-state index in [1.165, 1.54) is 22.2 Å². The smallest absolute Gasteiger partial charge is 0.348 e. The molecule has 0 aliphatic rings. The molecule has 0 aliphatic carbocycles. The van der Waals surface area contributed by atoms with Crippen LogP contribution >= 0.6 is 34.0 Å². The average molecular weight is 474 g/mol. The third-order valence-electron chi connectivity index (χ3n) is 4.52. The van der Waals surface area contributed by atoms with Crippen molar-refractivity contribution in [3.05, 3.63) is 55.6 Å². The number of rotatable bonds is 6. The first-order valence-electron chi connectivity index (χ1n) is 9.48. The molecular weight excluding hydrogens is 454 g/mol. The van der Waals surface area contributed by atoms with Crippen LogP contribution in [0.1, 0.15) is 27.0 Å². The number of carbonyl (C=O) groups is 2. The molecule has 1 amide bonds. The standard InChI is InChI=1S/C21H19N3O4S3/c1-4-28-21(27)18-11(2)7-16(31-18)23-15(25)8-24-10-22-19-17(20(24)26)13(9-29-19)14-6-5-12(3)30-14/h5-7,9-10H,4,8H2,1-3H3,(H,23,25). The molecule has 0 bridgehead atoms. The van der Waals surface area contributed by atoms with Crippen LogP contribution in [0.4, 0.5) is 5.00 Å². The summed E-state index contributed by atoms with van der Waals surface area (Å²) < 4.78 is 6.33. The van der Waals surface area contributed by atoms with Crippen LogP contribution in [0, 0.1) is 13.8 Å². The van der Waals surface area contributed by atoms with Crippen molar-refractivity contribution in [3.63, 3.8) is 0 Å². The second-order valence-corrected chi connectivity index (χ2v) is 10.0. The van der Waals surface area contributed by atoms with Gasteiger partial charge < -0.3 is 10.1 Å². The molecule has 0 aliphatic heterocycles. The Balaban J connectivity index is 1.57. The summed E-state index contributed by atoms with van der Waals surface area (Å²) in [5, 5.41) is 5.74. The monoisotopic (exact) mass is 473 g/mol. The number of esters is 1. The van der Waals surface area contributed by atoms with Crippen LogP contribution in [0.15, 0.2) is 34.7 Å². The van der Waals surface area contributed by atoms with E-state index in [9.17, 15) is 14.4 Å². The molecule has 0 saturated heterocycles.